The van der Waals surface area contributed by atoms with Gasteiger partial charge in [-0.05, 0) is 48.4 Å². The van der Waals surface area contributed by atoms with Crippen molar-refractivity contribution in [3.05, 3.63) is 120 Å². The Kier molecular flexibility index (Phi) is 7.33. The van der Waals surface area contributed by atoms with Crippen molar-refractivity contribution < 1.29 is 27.5 Å². The van der Waals surface area contributed by atoms with Crippen LogP contribution < -0.4 is 14.4 Å². The lowest BCUT2D eigenvalue weighted by molar-refractivity contribution is -0.125. The van der Waals surface area contributed by atoms with Crippen LogP contribution in [0.1, 0.15) is 27.6 Å². The third-order valence-electron chi connectivity index (χ3n) is 6.40. The van der Waals surface area contributed by atoms with Crippen LogP contribution in [-0.4, -0.2) is 33.9 Å². The van der Waals surface area contributed by atoms with Gasteiger partial charge >= 0.3 is 5.97 Å². The smallest absolute Gasteiger partial charge is 0.339 e. The summed E-state index contributed by atoms with van der Waals surface area (Å²) in [6, 6.07) is 28.4. The Morgan fingerprint density at radius 1 is 0.872 bits per heavy atom. The number of sulfonamides is 1. The van der Waals surface area contributed by atoms with Gasteiger partial charge in [0.2, 0.25) is 6.10 Å². The van der Waals surface area contributed by atoms with E-state index in [0.29, 0.717) is 35.7 Å². The lowest BCUT2D eigenvalue weighted by Crippen LogP contribution is -2.29. The number of esters is 1. The standard InChI is InChI=1S/C30H26N2O6S/c1-37-25-14-8-13-24(20-25)31-29(33)28(22-10-3-2-4-11-22)38-30(34)23-12-7-15-26(19-23)39(35,36)32-18-17-21-9-5-6-16-27(21)32/h2-16,19-20,28H,17-18H2,1H3,(H,31,33). The van der Waals surface area contributed by atoms with Crippen LogP contribution in [0.4, 0.5) is 11.4 Å². The van der Waals surface area contributed by atoms with Crippen LogP contribution in [0.5, 0.6) is 5.75 Å². The molecule has 1 atom stereocenters. The first-order valence-corrected chi connectivity index (χ1v) is 13.7. The van der Waals surface area contributed by atoms with E-state index in [2.05, 4.69) is 5.32 Å². The third kappa shape index (κ3) is 5.49. The molecule has 0 saturated heterocycles. The number of hydrogen-bond donors (Lipinski definition) is 1. The van der Waals surface area contributed by atoms with Crippen molar-refractivity contribution in [2.75, 3.05) is 23.3 Å². The van der Waals surface area contributed by atoms with Gasteiger partial charge in [-0.25, -0.2) is 13.2 Å². The number of hydrogen-bond acceptors (Lipinski definition) is 6. The van der Waals surface area contributed by atoms with Crippen molar-refractivity contribution in [2.24, 2.45) is 0 Å². The van der Waals surface area contributed by atoms with Crippen molar-refractivity contribution in [1.82, 2.24) is 0 Å². The number of ether oxygens (including phenoxy) is 2. The molecule has 1 unspecified atom stereocenters. The molecule has 0 aliphatic carbocycles. The number of methoxy groups -OCH3 is 1. The zero-order valence-electron chi connectivity index (χ0n) is 21.1. The van der Waals surface area contributed by atoms with Gasteiger partial charge in [0, 0.05) is 23.9 Å². The highest BCUT2D eigenvalue weighted by atomic mass is 32.2. The minimum Gasteiger partial charge on any atom is -0.497 e. The molecule has 0 fully saturated rings. The van der Waals surface area contributed by atoms with E-state index in [9.17, 15) is 18.0 Å². The van der Waals surface area contributed by atoms with Crippen LogP contribution in [0.25, 0.3) is 0 Å². The monoisotopic (exact) mass is 542 g/mol. The lowest BCUT2D eigenvalue weighted by atomic mass is 10.1. The van der Waals surface area contributed by atoms with Crippen LogP contribution in [0.2, 0.25) is 0 Å². The van der Waals surface area contributed by atoms with Crippen molar-refractivity contribution in [3.8, 4) is 5.75 Å². The quantitative estimate of drug-likeness (QED) is 0.315. The lowest BCUT2D eigenvalue weighted by Gasteiger charge is -2.20. The average Bonchev–Trinajstić information content (AvgIpc) is 3.41. The summed E-state index contributed by atoms with van der Waals surface area (Å²) >= 11 is 0. The van der Waals surface area contributed by atoms with Gasteiger partial charge in [-0.2, -0.15) is 0 Å². The maximum Gasteiger partial charge on any atom is 0.339 e. The topological polar surface area (TPSA) is 102 Å². The van der Waals surface area contributed by atoms with Crippen LogP contribution >= 0.6 is 0 Å². The van der Waals surface area contributed by atoms with Gasteiger partial charge in [-0.3, -0.25) is 9.10 Å². The van der Waals surface area contributed by atoms with Crippen LogP contribution in [0.15, 0.2) is 108 Å². The normalized spacial score (nSPS) is 13.3. The van der Waals surface area contributed by atoms with Crippen molar-refractivity contribution in [3.63, 3.8) is 0 Å². The van der Waals surface area contributed by atoms with Gasteiger partial charge in [-0.15, -0.1) is 0 Å². The number of benzene rings is 4. The Bertz CT molecular complexity index is 1620. The van der Waals surface area contributed by atoms with E-state index in [-0.39, 0.29) is 10.5 Å². The maximum absolute atomic E-state index is 13.5. The van der Waals surface area contributed by atoms with E-state index in [4.69, 9.17) is 9.47 Å². The Hall–Kier alpha value is -4.63. The van der Waals surface area contributed by atoms with E-state index >= 15 is 0 Å². The number of nitrogens with zero attached hydrogens (tertiary/aromatic N) is 1. The van der Waals surface area contributed by atoms with Crippen molar-refractivity contribution in [1.29, 1.82) is 0 Å². The van der Waals surface area contributed by atoms with Crippen molar-refractivity contribution >= 4 is 33.3 Å². The molecule has 0 radical (unpaired) electrons. The summed E-state index contributed by atoms with van der Waals surface area (Å²) in [4.78, 5) is 26.5. The van der Waals surface area contributed by atoms with Crippen LogP contribution in [0, 0.1) is 0 Å². The van der Waals surface area contributed by atoms with E-state index < -0.39 is 28.0 Å². The molecule has 4 aromatic carbocycles. The number of amides is 1. The first-order valence-electron chi connectivity index (χ1n) is 12.3. The second-order valence-corrected chi connectivity index (χ2v) is 10.8. The summed E-state index contributed by atoms with van der Waals surface area (Å²) in [7, 11) is -2.40. The number of nitrogens with one attached hydrogen (secondary N) is 1. The molecular weight excluding hydrogens is 516 g/mol. The number of anilines is 2. The second-order valence-electron chi connectivity index (χ2n) is 8.90. The molecule has 1 aliphatic rings. The van der Waals surface area contributed by atoms with E-state index in [0.717, 1.165) is 5.56 Å². The highest BCUT2D eigenvalue weighted by Crippen LogP contribution is 2.33. The van der Waals surface area contributed by atoms with Gasteiger partial charge in [0.1, 0.15) is 5.75 Å². The van der Waals surface area contributed by atoms with E-state index in [1.807, 2.05) is 12.1 Å². The van der Waals surface area contributed by atoms with Gasteiger partial charge in [0.05, 0.1) is 23.3 Å². The fourth-order valence-corrected chi connectivity index (χ4v) is 6.00. The SMILES string of the molecule is COc1cccc(NC(=O)C(OC(=O)c2cccc(S(=O)(=O)N3CCc4ccccc43)c2)c2ccccc2)c1. The number of fused-ring (bicyclic) bond motifs is 1. The number of carbonyl (C=O) groups is 2. The van der Waals surface area contributed by atoms with Gasteiger partial charge in [0.25, 0.3) is 15.9 Å². The summed E-state index contributed by atoms with van der Waals surface area (Å²) in [5.74, 6) is -0.844. The summed E-state index contributed by atoms with van der Waals surface area (Å²) in [5, 5.41) is 2.76. The predicted octanol–water partition coefficient (Wildman–Crippen LogP) is 4.98. The summed E-state index contributed by atoms with van der Waals surface area (Å²) in [6.45, 7) is 0.316. The number of carbonyl (C=O) groups excluding carboxylic acids is 2. The molecule has 1 aliphatic heterocycles. The summed E-state index contributed by atoms with van der Waals surface area (Å²) in [6.07, 6.45) is -0.672. The molecule has 0 spiro atoms. The molecule has 9 heteroatoms. The zero-order chi connectivity index (χ0) is 27.4. The molecule has 198 valence electrons. The molecule has 0 bridgehead atoms. The largest absolute Gasteiger partial charge is 0.497 e. The van der Waals surface area contributed by atoms with E-state index in [1.54, 1.807) is 66.7 Å². The first kappa shape index (κ1) is 26.0. The minimum atomic E-state index is -3.92. The number of rotatable bonds is 8. The molecule has 1 N–H and O–H groups in total. The Balaban J connectivity index is 1.40. The molecule has 5 rings (SSSR count). The predicted molar refractivity (Wildman–Crippen MR) is 147 cm³/mol. The van der Waals surface area contributed by atoms with Crippen molar-refractivity contribution in [2.45, 2.75) is 17.4 Å². The Morgan fingerprint density at radius 2 is 1.62 bits per heavy atom. The molecule has 1 heterocycles. The van der Waals surface area contributed by atoms with Gasteiger partial charge < -0.3 is 14.8 Å². The van der Waals surface area contributed by atoms with Gasteiger partial charge in [-0.1, -0.05) is 60.7 Å². The molecule has 8 nitrogen and oxygen atoms in total. The Labute approximate surface area is 226 Å². The fourth-order valence-electron chi connectivity index (χ4n) is 4.45. The Morgan fingerprint density at radius 3 is 2.41 bits per heavy atom. The first-order chi connectivity index (χ1) is 18.9. The molecule has 1 amide bonds. The highest BCUT2D eigenvalue weighted by Gasteiger charge is 2.32. The molecule has 0 aromatic heterocycles. The minimum absolute atomic E-state index is 0.0127. The molecule has 39 heavy (non-hydrogen) atoms. The van der Waals surface area contributed by atoms with Gasteiger partial charge in [0.15, 0.2) is 0 Å². The maximum atomic E-state index is 13.5. The highest BCUT2D eigenvalue weighted by molar-refractivity contribution is 7.92. The van der Waals surface area contributed by atoms with Crippen LogP contribution in [0.3, 0.4) is 0 Å². The fraction of sp³-hybridized carbons (Fsp3) is 0.133. The molecule has 4 aromatic rings. The second kappa shape index (κ2) is 11.0. The summed E-state index contributed by atoms with van der Waals surface area (Å²) < 4.78 is 39.2. The van der Waals surface area contributed by atoms with Crippen LogP contribution in [-0.2, 0) is 26.0 Å². The third-order valence-corrected chi connectivity index (χ3v) is 8.21. The van der Waals surface area contributed by atoms with E-state index in [1.165, 1.54) is 35.7 Å². The average molecular weight is 543 g/mol. The number of para-hydroxylation sites is 1. The molecular formula is C30H26N2O6S. The molecule has 0 saturated carbocycles. The zero-order valence-corrected chi connectivity index (χ0v) is 21.9. The summed E-state index contributed by atoms with van der Waals surface area (Å²) in [5.41, 5.74) is 2.52.